The Balaban J connectivity index is 2.66. The molecule has 0 heterocycles. The molecule has 0 N–H and O–H groups in total. The summed E-state index contributed by atoms with van der Waals surface area (Å²) in [5.41, 5.74) is 3.69. The van der Waals surface area contributed by atoms with Crippen LogP contribution in [0.3, 0.4) is 0 Å². The van der Waals surface area contributed by atoms with Gasteiger partial charge < -0.3 is 9.30 Å². The molecule has 0 fully saturated rings. The van der Waals surface area contributed by atoms with Crippen LogP contribution in [-0.2, 0) is 14.1 Å². The second-order valence-electron chi connectivity index (χ2n) is 8.03. The van der Waals surface area contributed by atoms with E-state index in [1.807, 2.05) is 38.1 Å². The molecule has 2 rings (SSSR count). The first-order valence-electron chi connectivity index (χ1n) is 10.1. The summed E-state index contributed by atoms with van der Waals surface area (Å²) >= 11 is 0. The Hall–Kier alpha value is -2.78. The summed E-state index contributed by atoms with van der Waals surface area (Å²) in [5.74, 6) is -0.689. The van der Waals surface area contributed by atoms with Crippen molar-refractivity contribution < 1.29 is 23.7 Å². The zero-order valence-electron chi connectivity index (χ0n) is 19.0. The number of benzene rings is 2. The van der Waals surface area contributed by atoms with Crippen molar-refractivity contribution in [3.05, 3.63) is 81.6 Å². The Kier molecular flexibility index (Phi) is 7.56. The molecule has 2 aromatic carbocycles. The molecule has 5 nitrogen and oxygen atoms in total. The average molecular weight is 440 g/mol. The lowest BCUT2D eigenvalue weighted by molar-refractivity contribution is -0.137. The fourth-order valence-electron chi connectivity index (χ4n) is 4.09. The number of esters is 1. The number of aryl methyl sites for hydroxylation is 6. The highest BCUT2D eigenvalue weighted by atomic mass is 31.2. The Bertz CT molecular complexity index is 1010. The number of carbonyl (C=O) groups is 3. The molecule has 0 saturated carbocycles. The number of ether oxygens (including phenoxy) is 1. The van der Waals surface area contributed by atoms with Crippen LogP contribution in [0.1, 0.15) is 60.5 Å². The van der Waals surface area contributed by atoms with Crippen LogP contribution in [0.2, 0.25) is 0 Å². The standard InChI is InChI=1S/C25H29O5P/c1-8-30-21(26)9-10-31(29,24(27)22-17(4)11-15(2)12-18(22)5)25(28)23-19(6)13-16(3)14-20(23)7/h8,11-14H,1,9-10H2,2-7H3. The third-order valence-corrected chi connectivity index (χ3v) is 7.90. The van der Waals surface area contributed by atoms with Crippen molar-refractivity contribution in [1.82, 2.24) is 0 Å². The zero-order valence-corrected chi connectivity index (χ0v) is 19.9. The lowest BCUT2D eigenvalue weighted by atomic mass is 10.0. The molecule has 0 spiro atoms. The van der Waals surface area contributed by atoms with E-state index in [1.165, 1.54) is 0 Å². The molecular formula is C25H29O5P. The van der Waals surface area contributed by atoms with Crippen molar-refractivity contribution in [3.8, 4) is 0 Å². The highest BCUT2D eigenvalue weighted by molar-refractivity contribution is 7.95. The van der Waals surface area contributed by atoms with Gasteiger partial charge in [0.05, 0.1) is 12.7 Å². The van der Waals surface area contributed by atoms with E-state index >= 15 is 0 Å². The minimum absolute atomic E-state index is 0.279. The van der Waals surface area contributed by atoms with Crippen molar-refractivity contribution in [1.29, 1.82) is 0 Å². The zero-order chi connectivity index (χ0) is 23.5. The molecule has 31 heavy (non-hydrogen) atoms. The summed E-state index contributed by atoms with van der Waals surface area (Å²) in [6.45, 7) is 14.2. The molecule has 164 valence electrons. The second-order valence-corrected chi connectivity index (χ2v) is 10.8. The SMILES string of the molecule is C=COC(=O)CCP(=O)(C(=O)c1c(C)cc(C)cc1C)C(=O)c1c(C)cc(C)cc1C. The molecule has 2 aromatic rings. The van der Waals surface area contributed by atoms with Gasteiger partial charge in [0.25, 0.3) is 0 Å². The maximum atomic E-state index is 14.2. The Morgan fingerprint density at radius 2 is 1.16 bits per heavy atom. The van der Waals surface area contributed by atoms with Crippen LogP contribution in [0.4, 0.5) is 0 Å². The van der Waals surface area contributed by atoms with E-state index in [-0.39, 0.29) is 17.5 Å². The predicted molar refractivity (Wildman–Crippen MR) is 123 cm³/mol. The first-order valence-corrected chi connectivity index (χ1v) is 12.0. The largest absolute Gasteiger partial charge is 0.435 e. The topological polar surface area (TPSA) is 77.5 Å². The molecule has 0 unspecified atom stereocenters. The first kappa shape index (κ1) is 24.5. The van der Waals surface area contributed by atoms with Crippen molar-refractivity contribution in [2.45, 2.75) is 48.0 Å². The number of rotatable bonds is 8. The van der Waals surface area contributed by atoms with Gasteiger partial charge in [0.2, 0.25) is 18.2 Å². The van der Waals surface area contributed by atoms with Gasteiger partial charge in [-0.05, 0) is 63.8 Å². The molecule has 0 saturated heterocycles. The van der Waals surface area contributed by atoms with Crippen molar-refractivity contribution in [2.24, 2.45) is 0 Å². The van der Waals surface area contributed by atoms with Gasteiger partial charge in [0.15, 0.2) is 0 Å². The summed E-state index contributed by atoms with van der Waals surface area (Å²) in [5, 5.41) is 0. The van der Waals surface area contributed by atoms with Crippen molar-refractivity contribution >= 4 is 24.2 Å². The summed E-state index contributed by atoms with van der Waals surface area (Å²) in [7, 11) is -4.17. The monoisotopic (exact) mass is 440 g/mol. The Morgan fingerprint density at radius 1 is 0.806 bits per heavy atom. The van der Waals surface area contributed by atoms with E-state index in [4.69, 9.17) is 4.74 Å². The smallest absolute Gasteiger partial charge is 0.311 e. The number of hydrogen-bond donors (Lipinski definition) is 0. The van der Waals surface area contributed by atoms with Crippen LogP contribution < -0.4 is 0 Å². The molecule has 0 aliphatic heterocycles. The summed E-state index contributed by atoms with van der Waals surface area (Å²) in [4.78, 5) is 39.2. The van der Waals surface area contributed by atoms with Crippen LogP contribution in [-0.4, -0.2) is 23.2 Å². The van der Waals surface area contributed by atoms with Gasteiger partial charge in [-0.25, -0.2) is 0 Å². The van der Waals surface area contributed by atoms with E-state index in [2.05, 4.69) is 6.58 Å². The molecule has 0 amide bonds. The maximum absolute atomic E-state index is 14.2. The Morgan fingerprint density at radius 3 is 1.48 bits per heavy atom. The third kappa shape index (κ3) is 5.11. The highest BCUT2D eigenvalue weighted by Gasteiger charge is 2.43. The van der Waals surface area contributed by atoms with Gasteiger partial charge in [-0.1, -0.05) is 42.0 Å². The highest BCUT2D eigenvalue weighted by Crippen LogP contribution is 2.54. The van der Waals surface area contributed by atoms with Crippen LogP contribution in [0.15, 0.2) is 37.1 Å². The first-order chi connectivity index (χ1) is 14.4. The maximum Gasteiger partial charge on any atom is 0.311 e. The molecule has 0 aromatic heterocycles. The van der Waals surface area contributed by atoms with Crippen LogP contribution in [0.5, 0.6) is 0 Å². The normalized spacial score (nSPS) is 11.2. The molecule has 0 atom stereocenters. The molecule has 0 aliphatic rings. The fourth-order valence-corrected chi connectivity index (χ4v) is 6.61. The number of hydrogen-bond acceptors (Lipinski definition) is 5. The van der Waals surface area contributed by atoms with Gasteiger partial charge in [-0.2, -0.15) is 0 Å². The van der Waals surface area contributed by atoms with Gasteiger partial charge in [0, 0.05) is 17.3 Å². The fraction of sp³-hybridized carbons (Fsp3) is 0.320. The third-order valence-electron chi connectivity index (χ3n) is 5.28. The van der Waals surface area contributed by atoms with E-state index in [0.29, 0.717) is 22.3 Å². The predicted octanol–water partition coefficient (Wildman–Crippen LogP) is 5.96. The van der Waals surface area contributed by atoms with E-state index in [9.17, 15) is 18.9 Å². The van der Waals surface area contributed by atoms with Gasteiger partial charge in [-0.15, -0.1) is 0 Å². The minimum Gasteiger partial charge on any atom is -0.435 e. The van der Waals surface area contributed by atoms with E-state index < -0.39 is 30.3 Å². The van der Waals surface area contributed by atoms with Gasteiger partial charge in [0.1, 0.15) is 0 Å². The molecular weight excluding hydrogens is 411 g/mol. The molecule has 0 aliphatic carbocycles. The summed E-state index contributed by atoms with van der Waals surface area (Å²) in [6, 6.07) is 7.29. The quantitative estimate of drug-likeness (QED) is 0.288. The number of carbonyl (C=O) groups excluding carboxylic acids is 3. The second kappa shape index (κ2) is 9.57. The van der Waals surface area contributed by atoms with Crippen molar-refractivity contribution in [2.75, 3.05) is 6.16 Å². The average Bonchev–Trinajstić information content (AvgIpc) is 2.64. The van der Waals surface area contributed by atoms with Crippen LogP contribution in [0, 0.1) is 41.5 Å². The molecule has 6 heteroatoms. The van der Waals surface area contributed by atoms with Gasteiger partial charge >= 0.3 is 5.97 Å². The minimum atomic E-state index is -4.17. The lowest BCUT2D eigenvalue weighted by Crippen LogP contribution is -2.19. The van der Waals surface area contributed by atoms with E-state index in [1.54, 1.807) is 27.7 Å². The van der Waals surface area contributed by atoms with Crippen LogP contribution in [0.25, 0.3) is 0 Å². The van der Waals surface area contributed by atoms with Crippen molar-refractivity contribution in [3.63, 3.8) is 0 Å². The van der Waals surface area contributed by atoms with E-state index in [0.717, 1.165) is 17.4 Å². The summed E-state index contributed by atoms with van der Waals surface area (Å²) < 4.78 is 18.9. The molecule has 0 bridgehead atoms. The van der Waals surface area contributed by atoms with Gasteiger partial charge in [-0.3, -0.25) is 14.4 Å². The Labute approximate surface area is 183 Å². The van der Waals surface area contributed by atoms with Crippen LogP contribution >= 0.6 is 7.14 Å². The summed E-state index contributed by atoms with van der Waals surface area (Å²) in [6.07, 6.45) is 0.255. The lowest BCUT2D eigenvalue weighted by Gasteiger charge is -2.20. The molecule has 0 radical (unpaired) electrons.